The van der Waals surface area contributed by atoms with Crippen molar-refractivity contribution in [2.45, 2.75) is 145 Å². The summed E-state index contributed by atoms with van der Waals surface area (Å²) in [6.07, 6.45) is 7.54. The van der Waals surface area contributed by atoms with Gasteiger partial charge in [0, 0.05) is 36.5 Å². The van der Waals surface area contributed by atoms with Crippen LogP contribution in [-0.4, -0.2) is 60.3 Å². The number of carbonyl (C=O) groups is 3. The van der Waals surface area contributed by atoms with E-state index >= 15 is 0 Å². The Morgan fingerprint density at radius 3 is 2.35 bits per heavy atom. The molecule has 12 heteroatoms. The number of nitrogens with two attached hydrogens (primary N) is 1. The molecule has 4 fully saturated rings. The number of aliphatic hydroxyl groups is 1. The second kappa shape index (κ2) is 14.3. The van der Waals surface area contributed by atoms with E-state index in [2.05, 4.69) is 63.6 Å². The van der Waals surface area contributed by atoms with Crippen molar-refractivity contribution in [3.05, 3.63) is 40.3 Å². The lowest BCUT2D eigenvalue weighted by molar-refractivity contribution is -0.235. The fraction of sp³-hybridized carbons (Fsp3) is 0.733. The van der Waals surface area contributed by atoms with Crippen molar-refractivity contribution in [2.24, 2.45) is 61.9 Å². The van der Waals surface area contributed by atoms with Crippen LogP contribution in [0.5, 0.6) is 0 Å². The summed E-state index contributed by atoms with van der Waals surface area (Å²) in [6, 6.07) is 3.55. The van der Waals surface area contributed by atoms with E-state index in [9.17, 15) is 24.6 Å². The third-order valence-corrected chi connectivity index (χ3v) is 16.9. The molecule has 2 heterocycles. The van der Waals surface area contributed by atoms with Crippen LogP contribution < -0.4 is 5.73 Å². The molecular weight excluding hydrogens is 742 g/mol. The molecule has 9 atom stereocenters. The fourth-order valence-electron chi connectivity index (χ4n) is 13.6. The molecule has 0 aliphatic heterocycles. The Hall–Kier alpha value is -3.15. The Kier molecular flexibility index (Phi) is 10.5. The number of rotatable bonds is 10. The van der Waals surface area contributed by atoms with Gasteiger partial charge in [-0.2, -0.15) is 0 Å². The lowest BCUT2D eigenvalue weighted by Gasteiger charge is -2.72. The first-order chi connectivity index (χ1) is 26.6. The third kappa shape index (κ3) is 6.25. The molecule has 11 nitrogen and oxygen atoms in total. The predicted molar refractivity (Wildman–Crippen MR) is 218 cm³/mol. The maximum Gasteiger partial charge on any atom is 0.309 e. The van der Waals surface area contributed by atoms with Crippen LogP contribution in [0, 0.1) is 56.2 Å². The molecule has 4 N–H and O–H groups in total. The van der Waals surface area contributed by atoms with E-state index in [4.69, 9.17) is 22.1 Å². The number of aromatic nitrogens is 4. The molecular formula is C45H64ClN5O6. The summed E-state index contributed by atoms with van der Waals surface area (Å²) < 4.78 is 8.06. The standard InChI is InChI=1S/C45H64ClN5O6/c1-25(2)34-29(52)22-45(36(54)38-50-49-37(51(38)21-20-47)28-12-10-26(46)24-48-28)19-18-43(8)27(35(34)45)11-13-31-42(7)16-15-32(57-33(53)23-40(3,4)39(55)56)41(5,6)30(42)14-17-44(31,43)9/h10,12,24-25,27,30-32,36,54H,11,13-23,47H2,1-9H3,(H,55,56)/t27-,30+,31?,32+,36-,42+,43-,44-,45-/m1/s1. The minimum atomic E-state index is -1.19. The predicted octanol–water partition coefficient (Wildman–Crippen LogP) is 8.38. The van der Waals surface area contributed by atoms with Crippen LogP contribution in [0.4, 0.5) is 0 Å². The summed E-state index contributed by atoms with van der Waals surface area (Å²) in [5.74, 6) is 0.504. The third-order valence-electron chi connectivity index (χ3n) is 16.7. The van der Waals surface area contributed by atoms with E-state index in [0.29, 0.717) is 53.7 Å². The second-order valence-electron chi connectivity index (χ2n) is 20.6. The van der Waals surface area contributed by atoms with Gasteiger partial charge in [0.05, 0.1) is 16.9 Å². The molecule has 1 unspecified atom stereocenters. The zero-order valence-corrected chi connectivity index (χ0v) is 36.2. The molecule has 0 amide bonds. The van der Waals surface area contributed by atoms with E-state index in [1.807, 2.05) is 4.57 Å². The van der Waals surface area contributed by atoms with Crippen LogP contribution in [0.15, 0.2) is 29.5 Å². The zero-order valence-electron chi connectivity index (χ0n) is 35.5. The largest absolute Gasteiger partial charge is 0.481 e. The Morgan fingerprint density at radius 2 is 1.72 bits per heavy atom. The highest BCUT2D eigenvalue weighted by molar-refractivity contribution is 6.30. The molecule has 7 rings (SSSR count). The Labute approximate surface area is 343 Å². The van der Waals surface area contributed by atoms with E-state index in [-0.39, 0.29) is 58.2 Å². The number of hydrogen-bond donors (Lipinski definition) is 3. The molecule has 0 bridgehead atoms. The fourth-order valence-corrected chi connectivity index (χ4v) is 13.8. The number of carboxylic acid groups (broad SMARTS) is 1. The zero-order chi connectivity index (χ0) is 41.7. The van der Waals surface area contributed by atoms with Gasteiger partial charge >= 0.3 is 11.9 Å². The number of hydrogen-bond acceptors (Lipinski definition) is 9. The molecule has 0 saturated heterocycles. The molecule has 312 valence electrons. The van der Waals surface area contributed by atoms with Crippen molar-refractivity contribution in [1.82, 2.24) is 19.7 Å². The Balaban J connectivity index is 1.22. The van der Waals surface area contributed by atoms with Gasteiger partial charge in [0.25, 0.3) is 0 Å². The summed E-state index contributed by atoms with van der Waals surface area (Å²) >= 11 is 6.16. The highest BCUT2D eigenvalue weighted by Gasteiger charge is 2.71. The molecule has 0 spiro atoms. The van der Waals surface area contributed by atoms with Crippen LogP contribution >= 0.6 is 11.6 Å². The van der Waals surface area contributed by atoms with Crippen molar-refractivity contribution in [2.75, 3.05) is 6.54 Å². The van der Waals surface area contributed by atoms with Crippen molar-refractivity contribution >= 4 is 29.3 Å². The van der Waals surface area contributed by atoms with Gasteiger partial charge in [-0.3, -0.25) is 19.4 Å². The number of aliphatic hydroxyl groups excluding tert-OH is 1. The number of carboxylic acids is 1. The number of fused-ring (bicyclic) bond motifs is 7. The average molecular weight is 806 g/mol. The number of esters is 1. The highest BCUT2D eigenvalue weighted by Crippen LogP contribution is 2.77. The number of carbonyl (C=O) groups excluding carboxylic acids is 2. The molecule has 5 aliphatic carbocycles. The molecule has 0 aromatic carbocycles. The molecule has 0 radical (unpaired) electrons. The van der Waals surface area contributed by atoms with Crippen molar-refractivity contribution in [3.63, 3.8) is 0 Å². The van der Waals surface area contributed by atoms with Crippen LogP contribution in [0.1, 0.15) is 138 Å². The number of Topliss-reactive ketones (excluding diaryl/α,β-unsaturated/α-hetero) is 1. The van der Waals surface area contributed by atoms with Crippen LogP contribution in [-0.2, 0) is 25.7 Å². The number of allylic oxidation sites excluding steroid dienone is 1. The topological polar surface area (TPSA) is 171 Å². The molecule has 57 heavy (non-hydrogen) atoms. The van der Waals surface area contributed by atoms with Crippen LogP contribution in [0.3, 0.4) is 0 Å². The number of nitrogens with zero attached hydrogens (tertiary/aromatic N) is 4. The molecule has 5 aliphatic rings. The average Bonchev–Trinajstić information content (AvgIpc) is 3.68. The van der Waals surface area contributed by atoms with Gasteiger partial charge < -0.3 is 25.3 Å². The highest BCUT2D eigenvalue weighted by atomic mass is 35.5. The molecule has 4 saturated carbocycles. The Bertz CT molecular complexity index is 1970. The first-order valence-electron chi connectivity index (χ1n) is 21.2. The van der Waals surface area contributed by atoms with E-state index < -0.39 is 28.9 Å². The van der Waals surface area contributed by atoms with E-state index in [1.165, 1.54) is 0 Å². The maximum absolute atomic E-state index is 14.3. The number of ether oxygens (including phenoxy) is 1. The van der Waals surface area contributed by atoms with Gasteiger partial charge in [0.15, 0.2) is 17.4 Å². The summed E-state index contributed by atoms with van der Waals surface area (Å²) in [4.78, 5) is 43.8. The molecule has 2 aromatic heterocycles. The Morgan fingerprint density at radius 1 is 1.00 bits per heavy atom. The smallest absolute Gasteiger partial charge is 0.309 e. The lowest BCUT2D eigenvalue weighted by Crippen LogP contribution is -2.66. The van der Waals surface area contributed by atoms with Crippen molar-refractivity contribution < 1.29 is 29.3 Å². The first kappa shape index (κ1) is 42.0. The summed E-state index contributed by atoms with van der Waals surface area (Å²) in [6.45, 7) is 20.1. The molecule has 2 aromatic rings. The van der Waals surface area contributed by atoms with Crippen LogP contribution in [0.2, 0.25) is 5.02 Å². The first-order valence-corrected chi connectivity index (χ1v) is 21.6. The van der Waals surface area contributed by atoms with Gasteiger partial charge in [-0.1, -0.05) is 60.1 Å². The van der Waals surface area contributed by atoms with E-state index in [1.54, 1.807) is 32.2 Å². The summed E-state index contributed by atoms with van der Waals surface area (Å²) in [5, 5.41) is 32.1. The van der Waals surface area contributed by atoms with Crippen molar-refractivity contribution in [1.29, 1.82) is 0 Å². The lowest BCUT2D eigenvalue weighted by atomic mass is 9.33. The maximum atomic E-state index is 14.3. The minimum Gasteiger partial charge on any atom is -0.481 e. The van der Waals surface area contributed by atoms with E-state index in [0.717, 1.165) is 56.1 Å². The SMILES string of the molecule is CC(C)C1=C2[C@H]3CCC4[C@@]5(C)CC[C@H](OC(=O)CC(C)(C)C(=O)O)C(C)(C)[C@@H]5CC[C@@]4(C)[C@]3(C)CC[C@@]2([C@H](O)c2nnc(-c3ccc(Cl)cn3)n2CCN)CC1=O. The van der Waals surface area contributed by atoms with Gasteiger partial charge in [-0.25, -0.2) is 0 Å². The minimum absolute atomic E-state index is 0.00721. The summed E-state index contributed by atoms with van der Waals surface area (Å²) in [7, 11) is 0. The van der Waals surface area contributed by atoms with Gasteiger partial charge in [-0.15, -0.1) is 10.2 Å². The number of aliphatic carboxylic acids is 1. The normalized spacial score (nSPS) is 35.3. The van der Waals surface area contributed by atoms with Gasteiger partial charge in [0.1, 0.15) is 17.9 Å². The quantitative estimate of drug-likeness (QED) is 0.198. The number of ketones is 1. The second-order valence-corrected chi connectivity index (χ2v) is 21.1. The number of halogens is 1. The number of pyridine rings is 1. The summed E-state index contributed by atoms with van der Waals surface area (Å²) in [5.41, 5.74) is 6.36. The van der Waals surface area contributed by atoms with Crippen molar-refractivity contribution in [3.8, 4) is 11.5 Å². The van der Waals surface area contributed by atoms with Gasteiger partial charge in [0.2, 0.25) is 0 Å². The van der Waals surface area contributed by atoms with Gasteiger partial charge in [-0.05, 0) is 128 Å². The van der Waals surface area contributed by atoms with Crippen LogP contribution in [0.25, 0.3) is 11.5 Å². The monoisotopic (exact) mass is 805 g/mol.